The van der Waals surface area contributed by atoms with Gasteiger partial charge in [0.2, 0.25) is 0 Å². The maximum absolute atomic E-state index is 9.16. The van der Waals surface area contributed by atoms with Crippen molar-refractivity contribution in [2.75, 3.05) is 0 Å². The van der Waals surface area contributed by atoms with Crippen LogP contribution in [0.1, 0.15) is 0 Å². The summed E-state index contributed by atoms with van der Waals surface area (Å²) in [5, 5.41) is 1.06. The van der Waals surface area contributed by atoms with E-state index in [0.717, 1.165) is 0 Å². The Morgan fingerprint density at radius 2 is 1.40 bits per heavy atom. The van der Waals surface area contributed by atoms with Crippen molar-refractivity contribution < 1.29 is 24.3 Å². The summed E-state index contributed by atoms with van der Waals surface area (Å²) in [4.78, 5) is 18.3. The summed E-state index contributed by atoms with van der Waals surface area (Å²) >= 11 is 0.243. The Balaban J connectivity index is 0.000000162. The molecule has 1 aliphatic carbocycles. The van der Waals surface area contributed by atoms with Crippen molar-refractivity contribution in [3.63, 3.8) is 0 Å². The van der Waals surface area contributed by atoms with Gasteiger partial charge in [0.25, 0.3) is 0 Å². The Kier molecular flexibility index (Phi) is 7.77. The van der Waals surface area contributed by atoms with Crippen molar-refractivity contribution in [3.8, 4) is 0 Å². The Hall–Kier alpha value is -0.674. The van der Waals surface area contributed by atoms with Gasteiger partial charge in [-0.2, -0.15) is 0 Å². The van der Waals surface area contributed by atoms with Crippen LogP contribution in [-0.4, -0.2) is 10.4 Å². The van der Waals surface area contributed by atoms with Crippen LogP contribution in [0, 0.1) is 6.42 Å². The summed E-state index contributed by atoms with van der Waals surface area (Å²) < 4.78 is 0. The SMILES string of the molecule is O=[CH][Co][CH]=O.[CH]1C=CC=C1. The van der Waals surface area contributed by atoms with Crippen LogP contribution in [0.2, 0.25) is 0 Å². The standard InChI is InChI=1S/C5H5.2CHO.Co/c1-2-4-5-3-1;2*1-2;/h1-5H;2*1H;. The Morgan fingerprint density at radius 3 is 1.50 bits per heavy atom. The van der Waals surface area contributed by atoms with E-state index in [9.17, 15) is 0 Å². The first-order valence-corrected chi connectivity index (χ1v) is 3.73. The summed E-state index contributed by atoms with van der Waals surface area (Å²) in [5.41, 5.74) is 0. The number of allylic oxidation sites excluding steroid dienone is 4. The van der Waals surface area contributed by atoms with E-state index in [1.165, 1.54) is 0 Å². The maximum atomic E-state index is 9.16. The third kappa shape index (κ3) is 7.33. The molecule has 0 spiro atoms. The van der Waals surface area contributed by atoms with Crippen LogP contribution >= 0.6 is 0 Å². The third-order valence-corrected chi connectivity index (χ3v) is 0.930. The molecule has 0 saturated carbocycles. The maximum Gasteiger partial charge on any atom is 0.00506 e. The minimum Gasteiger partial charge on any atom is -0.0767 e. The molecule has 1 rings (SSSR count). The van der Waals surface area contributed by atoms with Crippen LogP contribution in [0.15, 0.2) is 24.3 Å². The number of hydrogen-bond donors (Lipinski definition) is 0. The van der Waals surface area contributed by atoms with E-state index < -0.39 is 0 Å². The van der Waals surface area contributed by atoms with Crippen molar-refractivity contribution in [2.45, 2.75) is 0 Å². The molecule has 56 valence electrons. The molecule has 10 heavy (non-hydrogen) atoms. The van der Waals surface area contributed by atoms with Crippen LogP contribution < -0.4 is 0 Å². The molecule has 0 aromatic rings. The molecule has 0 aromatic heterocycles. The van der Waals surface area contributed by atoms with E-state index in [1.54, 1.807) is 0 Å². The zero-order valence-electron chi connectivity index (χ0n) is 5.19. The third-order valence-electron chi connectivity index (χ3n) is 0.646. The molecule has 0 aromatic carbocycles. The molecule has 0 heterocycles. The first-order chi connectivity index (χ1) is 4.91. The van der Waals surface area contributed by atoms with E-state index in [4.69, 9.17) is 9.59 Å². The van der Waals surface area contributed by atoms with Crippen LogP contribution in [0.4, 0.5) is 0 Å². The van der Waals surface area contributed by atoms with Crippen LogP contribution in [0.3, 0.4) is 0 Å². The fourth-order valence-electron chi connectivity index (χ4n) is 0.339. The largest absolute Gasteiger partial charge is 0.0767 e. The van der Waals surface area contributed by atoms with E-state index >= 15 is 0 Å². The molecule has 3 heteroatoms. The zero-order valence-corrected chi connectivity index (χ0v) is 6.23. The first kappa shape index (κ1) is 9.33. The second kappa shape index (κ2) is 8.33. The molecule has 1 aliphatic rings. The van der Waals surface area contributed by atoms with Crippen LogP contribution in [-0.2, 0) is 24.3 Å². The van der Waals surface area contributed by atoms with Gasteiger partial charge in [0.05, 0.1) is 0 Å². The van der Waals surface area contributed by atoms with Crippen molar-refractivity contribution in [1.29, 1.82) is 0 Å². The normalized spacial score (nSPS) is 12.4. The van der Waals surface area contributed by atoms with Crippen molar-refractivity contribution >= 4 is 10.4 Å². The summed E-state index contributed by atoms with van der Waals surface area (Å²) in [7, 11) is 0. The predicted octanol–water partition coefficient (Wildman–Crippen LogP) is 0.766. The van der Waals surface area contributed by atoms with Gasteiger partial charge in [0.15, 0.2) is 0 Å². The summed E-state index contributed by atoms with van der Waals surface area (Å²) in [6.45, 7) is 0. The average molecular weight is 182 g/mol. The van der Waals surface area contributed by atoms with E-state index in [-0.39, 0.29) is 14.7 Å². The minimum atomic E-state index is 0.243. The van der Waals surface area contributed by atoms with Gasteiger partial charge in [-0.25, -0.2) is 0 Å². The predicted molar refractivity (Wildman–Crippen MR) is 36.1 cm³/mol. The van der Waals surface area contributed by atoms with Crippen molar-refractivity contribution in [3.05, 3.63) is 30.7 Å². The number of hydrogen-bond acceptors (Lipinski definition) is 2. The smallest absolute Gasteiger partial charge is 0.00506 e. The molecule has 0 atom stereocenters. The number of carbonyl (C=O) groups is 2. The molecule has 0 amide bonds. The van der Waals surface area contributed by atoms with E-state index in [1.807, 2.05) is 30.7 Å². The molecule has 0 fully saturated rings. The van der Waals surface area contributed by atoms with Gasteiger partial charge in [-0.3, -0.25) is 0 Å². The average Bonchev–Trinajstić information content (AvgIpc) is 2.44. The quantitative estimate of drug-likeness (QED) is 0.591. The number of rotatable bonds is 2. The minimum absolute atomic E-state index is 0.243. The number of carbonyl (C=O) groups excluding carboxylic acids is 2. The molecule has 0 bridgehead atoms. The Labute approximate surface area is 66.0 Å². The summed E-state index contributed by atoms with van der Waals surface area (Å²) in [5.74, 6) is 0. The van der Waals surface area contributed by atoms with Crippen LogP contribution in [0.25, 0.3) is 0 Å². The van der Waals surface area contributed by atoms with Gasteiger partial charge in [0, 0.05) is 6.42 Å². The van der Waals surface area contributed by atoms with Crippen molar-refractivity contribution in [2.24, 2.45) is 0 Å². The van der Waals surface area contributed by atoms with Crippen LogP contribution in [0.5, 0.6) is 0 Å². The fourth-order valence-corrected chi connectivity index (χ4v) is 0.397. The first-order valence-electron chi connectivity index (χ1n) is 2.52. The van der Waals surface area contributed by atoms with E-state index in [0.29, 0.717) is 10.4 Å². The summed E-state index contributed by atoms with van der Waals surface area (Å²) in [6.07, 6.45) is 10.0. The molecule has 1 radical (unpaired) electrons. The Bertz CT molecular complexity index is 134. The van der Waals surface area contributed by atoms with Gasteiger partial charge >= 0.3 is 34.7 Å². The molecular weight excluding hydrogens is 175 g/mol. The van der Waals surface area contributed by atoms with Gasteiger partial charge < -0.3 is 0 Å². The van der Waals surface area contributed by atoms with E-state index in [2.05, 4.69) is 0 Å². The second-order valence-corrected chi connectivity index (χ2v) is 2.07. The molecule has 0 N–H and O–H groups in total. The Morgan fingerprint density at radius 1 is 0.900 bits per heavy atom. The van der Waals surface area contributed by atoms with Gasteiger partial charge in [-0.05, 0) is 0 Å². The fraction of sp³-hybridized carbons (Fsp3) is 0. The second-order valence-electron chi connectivity index (χ2n) is 1.23. The molecule has 0 aliphatic heterocycles. The molecule has 0 saturated heterocycles. The molecular formula is C7H7CoO2. The molecule has 0 unspecified atom stereocenters. The zero-order chi connectivity index (χ0) is 7.66. The van der Waals surface area contributed by atoms with Gasteiger partial charge in [-0.1, -0.05) is 24.3 Å². The van der Waals surface area contributed by atoms with Gasteiger partial charge in [0.1, 0.15) is 0 Å². The molecule has 2 nitrogen and oxygen atoms in total. The van der Waals surface area contributed by atoms with Gasteiger partial charge in [-0.15, -0.1) is 0 Å². The summed E-state index contributed by atoms with van der Waals surface area (Å²) in [6, 6.07) is 0. The monoisotopic (exact) mass is 182 g/mol. The van der Waals surface area contributed by atoms with Crippen molar-refractivity contribution in [1.82, 2.24) is 0 Å². The topological polar surface area (TPSA) is 34.1 Å².